The van der Waals surface area contributed by atoms with E-state index in [1.54, 1.807) is 14.2 Å². The lowest BCUT2D eigenvalue weighted by Crippen LogP contribution is -2.34. The maximum Gasteiger partial charge on any atom is 0.160 e. The second kappa shape index (κ2) is 6.78. The molecule has 1 aliphatic rings. The van der Waals surface area contributed by atoms with Crippen LogP contribution in [0, 0.1) is 5.92 Å². The van der Waals surface area contributed by atoms with E-state index >= 15 is 0 Å². The molecule has 1 atom stereocenters. The first kappa shape index (κ1) is 14.2. The minimum atomic E-state index is -0.278. The van der Waals surface area contributed by atoms with Crippen LogP contribution in [0.15, 0.2) is 18.2 Å². The summed E-state index contributed by atoms with van der Waals surface area (Å²) in [5, 5.41) is 13.6. The maximum absolute atomic E-state index is 10.3. The molecule has 1 unspecified atom stereocenters. The van der Waals surface area contributed by atoms with Crippen molar-refractivity contribution in [2.75, 3.05) is 27.3 Å². The number of rotatable bonds is 5. The van der Waals surface area contributed by atoms with Gasteiger partial charge in [0, 0.05) is 0 Å². The highest BCUT2D eigenvalue weighted by molar-refractivity contribution is 5.43. The third-order valence-corrected chi connectivity index (χ3v) is 3.82. The van der Waals surface area contributed by atoms with Gasteiger partial charge in [-0.1, -0.05) is 6.07 Å². The normalized spacial score (nSPS) is 18.1. The topological polar surface area (TPSA) is 50.7 Å². The van der Waals surface area contributed by atoms with E-state index in [0.717, 1.165) is 43.0 Å². The zero-order valence-electron chi connectivity index (χ0n) is 11.7. The number of aliphatic hydroxyl groups is 1. The first-order valence-corrected chi connectivity index (χ1v) is 6.84. The number of benzene rings is 1. The fourth-order valence-corrected chi connectivity index (χ4v) is 2.64. The van der Waals surface area contributed by atoms with E-state index in [0.29, 0.717) is 12.3 Å². The van der Waals surface area contributed by atoms with Crippen LogP contribution in [0.3, 0.4) is 0 Å². The van der Waals surface area contributed by atoms with Gasteiger partial charge >= 0.3 is 0 Å². The van der Waals surface area contributed by atoms with Crippen molar-refractivity contribution < 1.29 is 14.6 Å². The van der Waals surface area contributed by atoms with E-state index < -0.39 is 0 Å². The molecule has 0 bridgehead atoms. The SMILES string of the molecule is COc1ccc(CC(O)C2CCNCC2)cc1OC. The molecule has 0 radical (unpaired) electrons. The minimum Gasteiger partial charge on any atom is -0.493 e. The van der Waals surface area contributed by atoms with Gasteiger partial charge in [-0.05, 0) is 56.0 Å². The van der Waals surface area contributed by atoms with Crippen LogP contribution >= 0.6 is 0 Å². The van der Waals surface area contributed by atoms with Gasteiger partial charge < -0.3 is 19.9 Å². The predicted octanol–water partition coefficient (Wildman–Crippen LogP) is 1.61. The summed E-state index contributed by atoms with van der Waals surface area (Å²) in [5.41, 5.74) is 1.09. The average molecular weight is 265 g/mol. The number of hydrogen-bond acceptors (Lipinski definition) is 4. The van der Waals surface area contributed by atoms with E-state index in [4.69, 9.17) is 9.47 Å². The van der Waals surface area contributed by atoms with E-state index in [9.17, 15) is 5.11 Å². The van der Waals surface area contributed by atoms with Crippen LogP contribution in [0.1, 0.15) is 18.4 Å². The van der Waals surface area contributed by atoms with Crippen molar-refractivity contribution in [3.05, 3.63) is 23.8 Å². The Bertz CT molecular complexity index is 402. The Hall–Kier alpha value is -1.26. The molecule has 19 heavy (non-hydrogen) atoms. The standard InChI is InChI=1S/C15H23NO3/c1-18-14-4-3-11(10-15(14)19-2)9-13(17)12-5-7-16-8-6-12/h3-4,10,12-13,16-17H,5-9H2,1-2H3. The third-order valence-electron chi connectivity index (χ3n) is 3.82. The van der Waals surface area contributed by atoms with Crippen LogP contribution in [0.2, 0.25) is 0 Å². The van der Waals surface area contributed by atoms with Crippen LogP contribution < -0.4 is 14.8 Å². The molecule has 2 N–H and O–H groups in total. The highest BCUT2D eigenvalue weighted by Gasteiger charge is 2.22. The molecule has 0 spiro atoms. The van der Waals surface area contributed by atoms with E-state index in [1.165, 1.54) is 0 Å². The zero-order chi connectivity index (χ0) is 13.7. The summed E-state index contributed by atoms with van der Waals surface area (Å²) in [5.74, 6) is 1.84. The van der Waals surface area contributed by atoms with Crippen molar-refractivity contribution in [1.29, 1.82) is 0 Å². The minimum absolute atomic E-state index is 0.278. The monoisotopic (exact) mass is 265 g/mol. The van der Waals surface area contributed by atoms with Gasteiger partial charge in [0.1, 0.15) is 0 Å². The van der Waals surface area contributed by atoms with Gasteiger partial charge in [-0.3, -0.25) is 0 Å². The van der Waals surface area contributed by atoms with Gasteiger partial charge in [0.05, 0.1) is 20.3 Å². The molecule has 0 aromatic heterocycles. The molecule has 4 heteroatoms. The Morgan fingerprint density at radius 3 is 2.53 bits per heavy atom. The molecule has 1 heterocycles. The van der Waals surface area contributed by atoms with Crippen molar-refractivity contribution in [2.45, 2.75) is 25.4 Å². The molecule has 106 valence electrons. The molecule has 1 aliphatic heterocycles. The molecule has 1 aromatic carbocycles. The molecule has 2 rings (SSSR count). The average Bonchev–Trinajstić information content (AvgIpc) is 2.48. The number of piperidine rings is 1. The second-order valence-electron chi connectivity index (χ2n) is 5.05. The van der Waals surface area contributed by atoms with Crippen molar-refractivity contribution in [2.24, 2.45) is 5.92 Å². The Morgan fingerprint density at radius 1 is 1.21 bits per heavy atom. The molecule has 1 fully saturated rings. The molecular formula is C15H23NO3. The number of hydrogen-bond donors (Lipinski definition) is 2. The fourth-order valence-electron chi connectivity index (χ4n) is 2.64. The highest BCUT2D eigenvalue weighted by atomic mass is 16.5. The van der Waals surface area contributed by atoms with Crippen molar-refractivity contribution in [3.8, 4) is 11.5 Å². The summed E-state index contributed by atoms with van der Waals surface area (Å²) in [4.78, 5) is 0. The maximum atomic E-state index is 10.3. The first-order valence-electron chi connectivity index (χ1n) is 6.84. The summed E-state index contributed by atoms with van der Waals surface area (Å²) in [6.45, 7) is 2.02. The van der Waals surface area contributed by atoms with E-state index in [1.807, 2.05) is 18.2 Å². The molecule has 1 aromatic rings. The van der Waals surface area contributed by atoms with Gasteiger partial charge in [-0.25, -0.2) is 0 Å². The Labute approximate surface area is 114 Å². The largest absolute Gasteiger partial charge is 0.493 e. The van der Waals surface area contributed by atoms with Crippen molar-refractivity contribution in [1.82, 2.24) is 5.32 Å². The van der Waals surface area contributed by atoms with E-state index in [2.05, 4.69) is 5.32 Å². The zero-order valence-corrected chi connectivity index (χ0v) is 11.7. The third kappa shape index (κ3) is 3.61. The Kier molecular flexibility index (Phi) is 5.05. The van der Waals surface area contributed by atoms with Crippen molar-refractivity contribution in [3.63, 3.8) is 0 Å². The van der Waals surface area contributed by atoms with Crippen LogP contribution in [0.5, 0.6) is 11.5 Å². The number of methoxy groups -OCH3 is 2. The van der Waals surface area contributed by atoms with Gasteiger partial charge in [0.2, 0.25) is 0 Å². The lowest BCUT2D eigenvalue weighted by Gasteiger charge is -2.27. The summed E-state index contributed by atoms with van der Waals surface area (Å²) in [6, 6.07) is 5.83. The Morgan fingerprint density at radius 2 is 1.89 bits per heavy atom. The molecule has 0 aliphatic carbocycles. The molecule has 0 amide bonds. The second-order valence-corrected chi connectivity index (χ2v) is 5.05. The van der Waals surface area contributed by atoms with Gasteiger partial charge in [0.25, 0.3) is 0 Å². The number of aliphatic hydroxyl groups excluding tert-OH is 1. The summed E-state index contributed by atoms with van der Waals surface area (Å²) >= 11 is 0. The fraction of sp³-hybridized carbons (Fsp3) is 0.600. The van der Waals surface area contributed by atoms with Crippen molar-refractivity contribution >= 4 is 0 Å². The molecular weight excluding hydrogens is 242 g/mol. The number of ether oxygens (including phenoxy) is 2. The lowest BCUT2D eigenvalue weighted by molar-refractivity contribution is 0.0890. The lowest BCUT2D eigenvalue weighted by atomic mass is 9.88. The van der Waals surface area contributed by atoms with Gasteiger partial charge in [-0.2, -0.15) is 0 Å². The first-order chi connectivity index (χ1) is 9.24. The highest BCUT2D eigenvalue weighted by Crippen LogP contribution is 2.29. The van der Waals surface area contributed by atoms with Gasteiger partial charge in [0.15, 0.2) is 11.5 Å². The van der Waals surface area contributed by atoms with Gasteiger partial charge in [-0.15, -0.1) is 0 Å². The smallest absolute Gasteiger partial charge is 0.160 e. The summed E-state index contributed by atoms with van der Waals surface area (Å²) in [7, 11) is 3.26. The summed E-state index contributed by atoms with van der Waals surface area (Å²) < 4.78 is 10.5. The molecule has 1 saturated heterocycles. The predicted molar refractivity (Wildman–Crippen MR) is 74.9 cm³/mol. The quantitative estimate of drug-likeness (QED) is 0.849. The van der Waals surface area contributed by atoms with E-state index in [-0.39, 0.29) is 6.10 Å². The van der Waals surface area contributed by atoms with Crippen LogP contribution in [-0.4, -0.2) is 38.5 Å². The molecule has 4 nitrogen and oxygen atoms in total. The van der Waals surface area contributed by atoms with Crippen LogP contribution in [0.25, 0.3) is 0 Å². The Balaban J connectivity index is 2.01. The number of nitrogens with one attached hydrogen (secondary N) is 1. The van der Waals surface area contributed by atoms with Crippen LogP contribution in [0.4, 0.5) is 0 Å². The summed E-state index contributed by atoms with van der Waals surface area (Å²) in [6.07, 6.45) is 2.49. The van der Waals surface area contributed by atoms with Crippen LogP contribution in [-0.2, 0) is 6.42 Å². The molecule has 0 saturated carbocycles.